The van der Waals surface area contributed by atoms with Gasteiger partial charge in [0.15, 0.2) is 0 Å². The number of nitrogens with one attached hydrogen (secondary N) is 1. The van der Waals surface area contributed by atoms with Gasteiger partial charge in [0, 0.05) is 50.5 Å². The lowest BCUT2D eigenvalue weighted by atomic mass is 10.2. The number of aryl methyl sites for hydroxylation is 1. The molecule has 6 heteroatoms. The number of carbonyl (C=O) groups excluding carboxylic acids is 1. The average molecular weight is 312 g/mol. The molecule has 1 N–H and O–H groups in total. The van der Waals surface area contributed by atoms with Gasteiger partial charge in [-0.1, -0.05) is 17.7 Å². The Morgan fingerprint density at radius 2 is 2.05 bits per heavy atom. The van der Waals surface area contributed by atoms with Crippen LogP contribution in [0.25, 0.3) is 0 Å². The summed E-state index contributed by atoms with van der Waals surface area (Å²) in [6, 6.07) is 6.08. The molecule has 0 bridgehead atoms. The number of methoxy groups -OCH3 is 1. The summed E-state index contributed by atoms with van der Waals surface area (Å²) in [5, 5.41) is 3.63. The lowest BCUT2D eigenvalue weighted by Crippen LogP contribution is -2.52. The van der Waals surface area contributed by atoms with Crippen molar-refractivity contribution < 1.29 is 9.53 Å². The first-order valence-corrected chi connectivity index (χ1v) is 7.52. The molecule has 1 aromatic rings. The van der Waals surface area contributed by atoms with E-state index in [1.165, 1.54) is 0 Å². The van der Waals surface area contributed by atoms with Crippen LogP contribution in [-0.4, -0.2) is 57.4 Å². The van der Waals surface area contributed by atoms with Crippen LogP contribution in [0.2, 0.25) is 5.02 Å². The Morgan fingerprint density at radius 3 is 2.67 bits per heavy atom. The molecule has 0 saturated carbocycles. The molecule has 0 aliphatic carbocycles. The van der Waals surface area contributed by atoms with Gasteiger partial charge in [0.1, 0.15) is 0 Å². The van der Waals surface area contributed by atoms with Gasteiger partial charge < -0.3 is 19.9 Å². The molecule has 0 spiro atoms. The van der Waals surface area contributed by atoms with E-state index in [4.69, 9.17) is 16.3 Å². The summed E-state index contributed by atoms with van der Waals surface area (Å²) in [6.07, 6.45) is 0. The Morgan fingerprint density at radius 1 is 1.33 bits per heavy atom. The van der Waals surface area contributed by atoms with Crippen molar-refractivity contribution in [1.82, 2.24) is 10.2 Å². The van der Waals surface area contributed by atoms with Crippen molar-refractivity contribution in [3.63, 3.8) is 0 Å². The highest BCUT2D eigenvalue weighted by Crippen LogP contribution is 2.24. The first kappa shape index (κ1) is 15.9. The summed E-state index contributed by atoms with van der Waals surface area (Å²) in [5.74, 6) is 0. The predicted molar refractivity (Wildman–Crippen MR) is 85.2 cm³/mol. The maximum Gasteiger partial charge on any atom is 0.317 e. The van der Waals surface area contributed by atoms with Crippen LogP contribution in [-0.2, 0) is 4.74 Å². The summed E-state index contributed by atoms with van der Waals surface area (Å²) >= 11 is 6.17. The van der Waals surface area contributed by atoms with Crippen LogP contribution in [0.4, 0.5) is 10.5 Å². The largest absolute Gasteiger partial charge is 0.383 e. The Balaban J connectivity index is 1.85. The van der Waals surface area contributed by atoms with Crippen LogP contribution in [0.3, 0.4) is 0 Å². The fourth-order valence-corrected chi connectivity index (χ4v) is 2.49. The molecule has 1 aromatic carbocycles. The smallest absolute Gasteiger partial charge is 0.317 e. The number of nitrogens with zero attached hydrogens (tertiary/aromatic N) is 2. The molecule has 2 rings (SSSR count). The van der Waals surface area contributed by atoms with Gasteiger partial charge in [-0.2, -0.15) is 0 Å². The lowest BCUT2D eigenvalue weighted by molar-refractivity contribution is 0.177. The number of carbonyl (C=O) groups is 1. The number of urea groups is 1. The molecule has 21 heavy (non-hydrogen) atoms. The zero-order chi connectivity index (χ0) is 15.2. The van der Waals surface area contributed by atoms with Gasteiger partial charge in [-0.05, 0) is 24.6 Å². The van der Waals surface area contributed by atoms with Crippen LogP contribution in [0.15, 0.2) is 18.2 Å². The van der Waals surface area contributed by atoms with Gasteiger partial charge in [0.2, 0.25) is 0 Å². The second-order valence-electron chi connectivity index (χ2n) is 5.13. The van der Waals surface area contributed by atoms with E-state index in [-0.39, 0.29) is 6.03 Å². The lowest BCUT2D eigenvalue weighted by Gasteiger charge is -2.36. The van der Waals surface area contributed by atoms with E-state index in [0.29, 0.717) is 26.2 Å². The highest BCUT2D eigenvalue weighted by Gasteiger charge is 2.21. The monoisotopic (exact) mass is 311 g/mol. The van der Waals surface area contributed by atoms with Gasteiger partial charge in [0.05, 0.1) is 6.61 Å². The Bertz CT molecular complexity index is 488. The van der Waals surface area contributed by atoms with E-state index in [9.17, 15) is 4.79 Å². The Labute approximate surface area is 130 Å². The zero-order valence-corrected chi connectivity index (χ0v) is 13.3. The molecule has 0 aromatic heterocycles. The molecular formula is C15H22ClN3O2. The number of rotatable bonds is 4. The van der Waals surface area contributed by atoms with E-state index in [0.717, 1.165) is 29.4 Å². The number of hydrogen-bond donors (Lipinski definition) is 1. The van der Waals surface area contributed by atoms with Crippen molar-refractivity contribution in [3.05, 3.63) is 28.8 Å². The second kappa shape index (κ2) is 7.52. The summed E-state index contributed by atoms with van der Waals surface area (Å²) in [7, 11) is 1.62. The Kier molecular flexibility index (Phi) is 5.70. The molecule has 0 atom stereocenters. The summed E-state index contributed by atoms with van der Waals surface area (Å²) in [5.41, 5.74) is 2.20. The van der Waals surface area contributed by atoms with Crippen molar-refractivity contribution in [2.24, 2.45) is 0 Å². The first-order valence-electron chi connectivity index (χ1n) is 7.14. The number of hydrogen-bond acceptors (Lipinski definition) is 3. The molecule has 0 unspecified atom stereocenters. The van der Waals surface area contributed by atoms with Crippen LogP contribution >= 0.6 is 11.6 Å². The molecule has 1 aliphatic heterocycles. The predicted octanol–water partition coefficient (Wildman–Crippen LogP) is 2.13. The highest BCUT2D eigenvalue weighted by molar-refractivity contribution is 6.31. The number of amides is 2. The van der Waals surface area contributed by atoms with Crippen molar-refractivity contribution in [1.29, 1.82) is 0 Å². The quantitative estimate of drug-likeness (QED) is 0.866. The fraction of sp³-hybridized carbons (Fsp3) is 0.533. The molecule has 116 valence electrons. The van der Waals surface area contributed by atoms with Crippen LogP contribution in [0.5, 0.6) is 0 Å². The number of benzene rings is 1. The van der Waals surface area contributed by atoms with Gasteiger partial charge in [-0.25, -0.2) is 4.79 Å². The minimum Gasteiger partial charge on any atom is -0.383 e. The molecule has 2 amide bonds. The number of piperazine rings is 1. The Hall–Kier alpha value is -1.46. The molecule has 1 aliphatic rings. The van der Waals surface area contributed by atoms with Crippen molar-refractivity contribution in [2.45, 2.75) is 6.92 Å². The van der Waals surface area contributed by atoms with Crippen molar-refractivity contribution in [2.75, 3.05) is 51.3 Å². The van der Waals surface area contributed by atoms with Gasteiger partial charge in [-0.3, -0.25) is 0 Å². The van der Waals surface area contributed by atoms with Crippen LogP contribution in [0.1, 0.15) is 5.56 Å². The van der Waals surface area contributed by atoms with Crippen LogP contribution in [0, 0.1) is 6.92 Å². The molecule has 0 radical (unpaired) electrons. The second-order valence-corrected chi connectivity index (χ2v) is 5.54. The molecular weight excluding hydrogens is 290 g/mol. The van der Waals surface area contributed by atoms with Gasteiger partial charge in [0.25, 0.3) is 0 Å². The molecule has 1 fully saturated rings. The topological polar surface area (TPSA) is 44.8 Å². The van der Waals surface area contributed by atoms with E-state index in [1.807, 2.05) is 24.0 Å². The fourth-order valence-electron chi connectivity index (χ4n) is 2.32. The summed E-state index contributed by atoms with van der Waals surface area (Å²) in [6.45, 7) is 6.13. The summed E-state index contributed by atoms with van der Waals surface area (Å²) in [4.78, 5) is 16.0. The molecule has 5 nitrogen and oxygen atoms in total. The number of anilines is 1. The number of halogens is 1. The molecule has 1 heterocycles. The van der Waals surface area contributed by atoms with E-state index >= 15 is 0 Å². The van der Waals surface area contributed by atoms with Crippen molar-refractivity contribution >= 4 is 23.3 Å². The van der Waals surface area contributed by atoms with Crippen molar-refractivity contribution in [3.8, 4) is 0 Å². The maximum atomic E-state index is 11.9. The zero-order valence-electron chi connectivity index (χ0n) is 12.6. The SMILES string of the molecule is COCCNC(=O)N1CCN(c2ccc(C)c(Cl)c2)CC1. The third-order valence-electron chi connectivity index (χ3n) is 3.67. The first-order chi connectivity index (χ1) is 10.1. The maximum absolute atomic E-state index is 11.9. The van der Waals surface area contributed by atoms with Gasteiger partial charge in [-0.15, -0.1) is 0 Å². The van der Waals surface area contributed by atoms with E-state index in [1.54, 1.807) is 7.11 Å². The van der Waals surface area contributed by atoms with Crippen LogP contribution < -0.4 is 10.2 Å². The minimum atomic E-state index is -0.0198. The molecule has 1 saturated heterocycles. The van der Waals surface area contributed by atoms with E-state index in [2.05, 4.69) is 16.3 Å². The third kappa shape index (κ3) is 4.25. The normalized spacial score (nSPS) is 15.2. The minimum absolute atomic E-state index is 0.0198. The third-order valence-corrected chi connectivity index (χ3v) is 4.08. The van der Waals surface area contributed by atoms with Gasteiger partial charge >= 0.3 is 6.03 Å². The summed E-state index contributed by atoms with van der Waals surface area (Å²) < 4.78 is 4.92. The highest BCUT2D eigenvalue weighted by atomic mass is 35.5. The standard InChI is InChI=1S/C15H22ClN3O2/c1-12-3-4-13(11-14(12)16)18-6-8-19(9-7-18)15(20)17-5-10-21-2/h3-4,11H,5-10H2,1-2H3,(H,17,20). The van der Waals surface area contributed by atoms with E-state index < -0.39 is 0 Å². The number of ether oxygens (including phenoxy) is 1. The average Bonchev–Trinajstić information content (AvgIpc) is 2.50.